The number of hydrogen-bond acceptors (Lipinski definition) is 3. The molecule has 1 heterocycles. The maximum Gasteiger partial charge on any atom is 0.254 e. The third-order valence-electron chi connectivity index (χ3n) is 3.36. The predicted molar refractivity (Wildman–Crippen MR) is 78.4 cm³/mol. The zero-order valence-electron chi connectivity index (χ0n) is 11.3. The molecule has 104 valence electrons. The van der Waals surface area contributed by atoms with Crippen molar-refractivity contribution >= 4 is 21.8 Å². The monoisotopic (exact) mass is 326 g/mol. The Morgan fingerprint density at radius 1 is 1.58 bits per heavy atom. The van der Waals surface area contributed by atoms with Gasteiger partial charge in [0.05, 0.1) is 19.3 Å². The summed E-state index contributed by atoms with van der Waals surface area (Å²) in [5.74, 6) is 0.0855. The maximum absolute atomic E-state index is 12.7. The predicted octanol–water partition coefficient (Wildman–Crippen LogP) is 1.82. The van der Waals surface area contributed by atoms with Gasteiger partial charge in [0.1, 0.15) is 0 Å². The number of likely N-dealkylation sites (N-methyl/N-ethyl adjacent to an activating group) is 1. The number of nitrogens with zero attached hydrogens (tertiary/aromatic N) is 1. The van der Waals surface area contributed by atoms with Crippen LogP contribution in [0.3, 0.4) is 0 Å². The van der Waals surface area contributed by atoms with E-state index in [2.05, 4.69) is 21.2 Å². The number of halogens is 1. The molecule has 1 atom stereocenters. The van der Waals surface area contributed by atoms with Crippen molar-refractivity contribution in [2.75, 3.05) is 33.4 Å². The zero-order chi connectivity index (χ0) is 13.8. The normalized spacial score (nSPS) is 19.5. The first kappa shape index (κ1) is 14.5. The van der Waals surface area contributed by atoms with E-state index >= 15 is 0 Å². The molecule has 1 N–H and O–H groups in total. The van der Waals surface area contributed by atoms with E-state index in [4.69, 9.17) is 4.74 Å². The molecule has 5 heteroatoms. The highest BCUT2D eigenvalue weighted by atomic mass is 79.9. The number of carbonyl (C=O) groups is 1. The van der Waals surface area contributed by atoms with Crippen LogP contribution in [0.2, 0.25) is 0 Å². The molecule has 1 aliphatic rings. The molecule has 0 radical (unpaired) electrons. The number of morpholine rings is 1. The molecular weight excluding hydrogens is 308 g/mol. The van der Waals surface area contributed by atoms with Gasteiger partial charge in [-0.3, -0.25) is 4.79 Å². The smallest absolute Gasteiger partial charge is 0.254 e. The van der Waals surface area contributed by atoms with E-state index in [-0.39, 0.29) is 11.9 Å². The Balaban J connectivity index is 2.23. The van der Waals surface area contributed by atoms with Crippen molar-refractivity contribution in [2.24, 2.45) is 0 Å². The molecule has 0 aliphatic carbocycles. The van der Waals surface area contributed by atoms with Crippen molar-refractivity contribution in [3.8, 4) is 0 Å². The van der Waals surface area contributed by atoms with E-state index in [1.807, 2.05) is 37.1 Å². The Morgan fingerprint density at radius 2 is 2.37 bits per heavy atom. The van der Waals surface area contributed by atoms with Gasteiger partial charge in [0.25, 0.3) is 5.91 Å². The lowest BCUT2D eigenvalue weighted by molar-refractivity contribution is -0.00102. The maximum atomic E-state index is 12.7. The van der Waals surface area contributed by atoms with Crippen LogP contribution in [-0.4, -0.2) is 50.2 Å². The second-order valence-electron chi connectivity index (χ2n) is 4.74. The number of amides is 1. The molecule has 1 amide bonds. The van der Waals surface area contributed by atoms with Gasteiger partial charge in [-0.25, -0.2) is 0 Å². The van der Waals surface area contributed by atoms with Gasteiger partial charge < -0.3 is 15.0 Å². The van der Waals surface area contributed by atoms with Crippen LogP contribution in [0.4, 0.5) is 0 Å². The highest BCUT2D eigenvalue weighted by Gasteiger charge is 2.28. The fourth-order valence-corrected chi connectivity index (χ4v) is 2.67. The van der Waals surface area contributed by atoms with Crippen LogP contribution < -0.4 is 5.32 Å². The molecule has 1 aromatic rings. The van der Waals surface area contributed by atoms with Crippen molar-refractivity contribution in [1.29, 1.82) is 0 Å². The minimum atomic E-state index is 0.0855. The van der Waals surface area contributed by atoms with Gasteiger partial charge >= 0.3 is 0 Å². The Morgan fingerprint density at radius 3 is 3.11 bits per heavy atom. The van der Waals surface area contributed by atoms with Crippen LogP contribution in [0, 0.1) is 6.92 Å². The summed E-state index contributed by atoms with van der Waals surface area (Å²) >= 11 is 3.43. The van der Waals surface area contributed by atoms with Crippen LogP contribution in [0.5, 0.6) is 0 Å². The number of aryl methyl sites for hydroxylation is 1. The minimum absolute atomic E-state index is 0.0855. The molecule has 2 rings (SSSR count). The van der Waals surface area contributed by atoms with Crippen molar-refractivity contribution in [2.45, 2.75) is 13.0 Å². The highest BCUT2D eigenvalue weighted by molar-refractivity contribution is 9.10. The van der Waals surface area contributed by atoms with Gasteiger partial charge in [-0.15, -0.1) is 0 Å². The molecule has 0 bridgehead atoms. The van der Waals surface area contributed by atoms with Crippen LogP contribution in [0.25, 0.3) is 0 Å². The lowest BCUT2D eigenvalue weighted by Gasteiger charge is -2.36. The van der Waals surface area contributed by atoms with Gasteiger partial charge in [0.15, 0.2) is 0 Å². The molecule has 1 saturated heterocycles. The number of rotatable bonds is 3. The molecule has 0 spiro atoms. The van der Waals surface area contributed by atoms with E-state index in [1.165, 1.54) is 0 Å². The molecule has 1 aromatic carbocycles. The average Bonchev–Trinajstić information content (AvgIpc) is 2.42. The molecule has 4 nitrogen and oxygen atoms in total. The van der Waals surface area contributed by atoms with Crippen molar-refractivity contribution in [3.63, 3.8) is 0 Å². The van der Waals surface area contributed by atoms with Gasteiger partial charge in [0.2, 0.25) is 0 Å². The van der Waals surface area contributed by atoms with E-state index in [0.717, 1.165) is 22.1 Å². The molecule has 1 fully saturated rings. The minimum Gasteiger partial charge on any atom is -0.377 e. The van der Waals surface area contributed by atoms with Crippen LogP contribution in [-0.2, 0) is 4.74 Å². The second kappa shape index (κ2) is 6.50. The van der Waals surface area contributed by atoms with E-state index < -0.39 is 0 Å². The third-order valence-corrected chi connectivity index (χ3v) is 3.85. The number of hydrogen-bond donors (Lipinski definition) is 1. The Labute approximate surface area is 122 Å². The molecular formula is C14H19BrN2O2. The van der Waals surface area contributed by atoms with Gasteiger partial charge in [0, 0.05) is 23.1 Å². The molecule has 1 unspecified atom stereocenters. The number of ether oxygens (including phenoxy) is 1. The van der Waals surface area contributed by atoms with Gasteiger partial charge in [-0.2, -0.15) is 0 Å². The first-order chi connectivity index (χ1) is 9.13. The van der Waals surface area contributed by atoms with Crippen LogP contribution in [0.15, 0.2) is 22.7 Å². The van der Waals surface area contributed by atoms with Crippen molar-refractivity contribution in [3.05, 3.63) is 33.8 Å². The summed E-state index contributed by atoms with van der Waals surface area (Å²) in [5.41, 5.74) is 1.76. The fraction of sp³-hybridized carbons (Fsp3) is 0.500. The summed E-state index contributed by atoms with van der Waals surface area (Å²) in [5, 5.41) is 3.12. The first-order valence-electron chi connectivity index (χ1n) is 6.43. The molecule has 0 saturated carbocycles. The fourth-order valence-electron chi connectivity index (χ4n) is 2.31. The van der Waals surface area contributed by atoms with E-state index in [0.29, 0.717) is 19.8 Å². The van der Waals surface area contributed by atoms with E-state index in [1.54, 1.807) is 0 Å². The van der Waals surface area contributed by atoms with Gasteiger partial charge in [-0.1, -0.05) is 22.0 Å². The summed E-state index contributed by atoms with van der Waals surface area (Å²) in [6, 6.07) is 5.91. The number of benzene rings is 1. The van der Waals surface area contributed by atoms with Crippen LogP contribution in [0.1, 0.15) is 15.9 Å². The Hall–Kier alpha value is -0.910. The highest BCUT2D eigenvalue weighted by Crippen LogP contribution is 2.19. The lowest BCUT2D eigenvalue weighted by Crippen LogP contribution is -2.52. The van der Waals surface area contributed by atoms with Crippen molar-refractivity contribution < 1.29 is 9.53 Å². The third kappa shape index (κ3) is 3.35. The summed E-state index contributed by atoms with van der Waals surface area (Å²) in [6.45, 7) is 4.57. The van der Waals surface area contributed by atoms with E-state index in [9.17, 15) is 4.79 Å². The number of carbonyl (C=O) groups excluding carboxylic acids is 1. The summed E-state index contributed by atoms with van der Waals surface area (Å²) in [6.07, 6.45) is 0. The van der Waals surface area contributed by atoms with Gasteiger partial charge in [-0.05, 0) is 31.7 Å². The standard InChI is InChI=1S/C14H19BrN2O2/c1-10-3-4-11(15)7-13(10)14(18)17-5-6-19-9-12(17)8-16-2/h3-4,7,12,16H,5-6,8-9H2,1-2H3. The largest absolute Gasteiger partial charge is 0.377 e. The molecule has 0 aromatic heterocycles. The van der Waals surface area contributed by atoms with Crippen LogP contribution >= 0.6 is 15.9 Å². The second-order valence-corrected chi connectivity index (χ2v) is 5.66. The Kier molecular flexibility index (Phi) is 4.96. The topological polar surface area (TPSA) is 41.6 Å². The Bertz CT molecular complexity index is 463. The van der Waals surface area contributed by atoms with Crippen molar-refractivity contribution in [1.82, 2.24) is 10.2 Å². The number of nitrogens with one attached hydrogen (secondary N) is 1. The summed E-state index contributed by atoms with van der Waals surface area (Å²) < 4.78 is 6.39. The lowest BCUT2D eigenvalue weighted by atomic mass is 10.1. The quantitative estimate of drug-likeness (QED) is 0.921. The zero-order valence-corrected chi connectivity index (χ0v) is 12.9. The molecule has 19 heavy (non-hydrogen) atoms. The summed E-state index contributed by atoms with van der Waals surface area (Å²) in [7, 11) is 1.89. The first-order valence-corrected chi connectivity index (χ1v) is 7.22. The summed E-state index contributed by atoms with van der Waals surface area (Å²) in [4.78, 5) is 14.6. The SMILES string of the molecule is CNCC1COCCN1C(=O)c1cc(Br)ccc1C. The average molecular weight is 327 g/mol. The molecule has 1 aliphatic heterocycles.